The number of hydrogen-bond acceptors (Lipinski definition) is 4. The molecule has 0 spiro atoms. The molecule has 5 heteroatoms. The molecule has 122 valence electrons. The summed E-state index contributed by atoms with van der Waals surface area (Å²) < 4.78 is 5.19. The van der Waals surface area contributed by atoms with Crippen LogP contribution in [0.4, 0.5) is 4.79 Å². The summed E-state index contributed by atoms with van der Waals surface area (Å²) in [7, 11) is 1.61. The van der Waals surface area contributed by atoms with Gasteiger partial charge in [0.25, 0.3) is 11.1 Å². The van der Waals surface area contributed by atoms with Crippen molar-refractivity contribution >= 4 is 29.0 Å². The number of thioether (sulfide) groups is 1. The third-order valence-corrected chi connectivity index (χ3v) is 5.34. The Kier molecular flexibility index (Phi) is 5.06. The van der Waals surface area contributed by atoms with E-state index in [2.05, 4.69) is 0 Å². The maximum absolute atomic E-state index is 12.5. The summed E-state index contributed by atoms with van der Waals surface area (Å²) in [5, 5.41) is -0.144. The van der Waals surface area contributed by atoms with E-state index in [9.17, 15) is 9.59 Å². The van der Waals surface area contributed by atoms with Crippen LogP contribution in [0.25, 0.3) is 6.08 Å². The van der Waals surface area contributed by atoms with Crippen molar-refractivity contribution in [1.29, 1.82) is 0 Å². The van der Waals surface area contributed by atoms with E-state index in [4.69, 9.17) is 4.74 Å². The Morgan fingerprint density at radius 2 is 2.04 bits per heavy atom. The van der Waals surface area contributed by atoms with Gasteiger partial charge < -0.3 is 4.74 Å². The molecular formula is C18H21NO3S. The van der Waals surface area contributed by atoms with E-state index >= 15 is 0 Å². The molecule has 1 aliphatic carbocycles. The summed E-state index contributed by atoms with van der Waals surface area (Å²) in [6.45, 7) is 0.570. The number of carbonyl (C=O) groups is 2. The third kappa shape index (κ3) is 3.78. The second-order valence-corrected chi connectivity index (χ2v) is 7.07. The largest absolute Gasteiger partial charge is 0.497 e. The van der Waals surface area contributed by atoms with Gasteiger partial charge in [0.1, 0.15) is 5.75 Å². The summed E-state index contributed by atoms with van der Waals surface area (Å²) >= 11 is 1.04. The number of nitrogens with zero attached hydrogens (tertiary/aromatic N) is 1. The fraction of sp³-hybridized carbons (Fsp3) is 0.444. The van der Waals surface area contributed by atoms with E-state index in [1.54, 1.807) is 13.2 Å². The van der Waals surface area contributed by atoms with Crippen molar-refractivity contribution in [3.8, 4) is 5.75 Å². The minimum atomic E-state index is -0.159. The van der Waals surface area contributed by atoms with Crippen molar-refractivity contribution in [3.63, 3.8) is 0 Å². The van der Waals surface area contributed by atoms with E-state index < -0.39 is 0 Å². The lowest BCUT2D eigenvalue weighted by Crippen LogP contribution is -2.34. The highest BCUT2D eigenvalue weighted by Gasteiger charge is 2.36. The Hall–Kier alpha value is -1.75. The van der Waals surface area contributed by atoms with Crippen LogP contribution in [0, 0.1) is 5.92 Å². The number of ether oxygens (including phenoxy) is 1. The lowest BCUT2D eigenvalue weighted by atomic mass is 9.89. The SMILES string of the molecule is COc1cccc(/C=C2/SC(=O)N(CC3CCCCC3)C2=O)c1. The molecule has 4 nitrogen and oxygen atoms in total. The van der Waals surface area contributed by atoms with Gasteiger partial charge in [0.2, 0.25) is 0 Å². The molecule has 0 bridgehead atoms. The first-order valence-corrected chi connectivity index (χ1v) is 8.88. The van der Waals surface area contributed by atoms with Crippen LogP contribution in [0.3, 0.4) is 0 Å². The van der Waals surface area contributed by atoms with E-state index in [0.29, 0.717) is 17.4 Å². The van der Waals surface area contributed by atoms with Crippen molar-refractivity contribution < 1.29 is 14.3 Å². The number of imide groups is 1. The van der Waals surface area contributed by atoms with Crippen molar-refractivity contribution in [2.45, 2.75) is 32.1 Å². The van der Waals surface area contributed by atoms with Gasteiger partial charge in [-0.1, -0.05) is 31.4 Å². The Bertz CT molecular complexity index is 635. The van der Waals surface area contributed by atoms with E-state index in [-0.39, 0.29) is 11.1 Å². The molecule has 0 N–H and O–H groups in total. The van der Waals surface area contributed by atoms with Crippen LogP contribution < -0.4 is 4.74 Å². The predicted octanol–water partition coefficient (Wildman–Crippen LogP) is 4.31. The highest BCUT2D eigenvalue weighted by molar-refractivity contribution is 8.18. The predicted molar refractivity (Wildman–Crippen MR) is 92.2 cm³/mol. The Balaban J connectivity index is 1.73. The third-order valence-electron chi connectivity index (χ3n) is 4.43. The molecule has 0 radical (unpaired) electrons. The molecule has 1 saturated heterocycles. The van der Waals surface area contributed by atoms with Gasteiger partial charge in [-0.3, -0.25) is 14.5 Å². The van der Waals surface area contributed by atoms with Crippen LogP contribution in [0.5, 0.6) is 5.75 Å². The molecule has 2 aliphatic rings. The molecule has 1 aliphatic heterocycles. The van der Waals surface area contributed by atoms with Crippen LogP contribution >= 0.6 is 11.8 Å². The first-order chi connectivity index (χ1) is 11.2. The van der Waals surface area contributed by atoms with Gasteiger partial charge in [0.05, 0.1) is 12.0 Å². The zero-order valence-electron chi connectivity index (χ0n) is 13.3. The average Bonchev–Trinajstić information content (AvgIpc) is 2.83. The lowest BCUT2D eigenvalue weighted by Gasteiger charge is -2.25. The fourth-order valence-corrected chi connectivity index (χ4v) is 4.02. The van der Waals surface area contributed by atoms with Crippen molar-refractivity contribution in [2.24, 2.45) is 5.92 Å². The second kappa shape index (κ2) is 7.21. The number of carbonyl (C=O) groups excluding carboxylic acids is 2. The van der Waals surface area contributed by atoms with Gasteiger partial charge in [0, 0.05) is 6.54 Å². The molecule has 3 rings (SSSR count). The first kappa shape index (κ1) is 16.1. The fourth-order valence-electron chi connectivity index (χ4n) is 3.17. The van der Waals surface area contributed by atoms with E-state index in [1.807, 2.05) is 24.3 Å². The standard InChI is InChI=1S/C18H21NO3S/c1-22-15-9-5-8-14(10-15)11-16-17(20)19(18(21)23-16)12-13-6-3-2-4-7-13/h5,8-11,13H,2-4,6-7,12H2,1H3/b16-11+. The van der Waals surface area contributed by atoms with Gasteiger partial charge in [-0.2, -0.15) is 0 Å². The Morgan fingerprint density at radius 1 is 1.26 bits per heavy atom. The minimum Gasteiger partial charge on any atom is -0.497 e. The number of amides is 2. The van der Waals surface area contributed by atoms with Gasteiger partial charge in [-0.25, -0.2) is 0 Å². The highest BCUT2D eigenvalue weighted by Crippen LogP contribution is 2.35. The number of rotatable bonds is 4. The molecule has 1 aromatic carbocycles. The number of hydrogen-bond donors (Lipinski definition) is 0. The first-order valence-electron chi connectivity index (χ1n) is 8.07. The smallest absolute Gasteiger partial charge is 0.293 e. The van der Waals surface area contributed by atoms with Crippen molar-refractivity contribution in [2.75, 3.05) is 13.7 Å². The molecule has 1 heterocycles. The maximum Gasteiger partial charge on any atom is 0.293 e. The molecule has 2 amide bonds. The second-order valence-electron chi connectivity index (χ2n) is 6.07. The van der Waals surface area contributed by atoms with Crippen LogP contribution in [0.1, 0.15) is 37.7 Å². The quantitative estimate of drug-likeness (QED) is 0.771. The van der Waals surface area contributed by atoms with E-state index in [1.165, 1.54) is 24.2 Å². The molecule has 0 atom stereocenters. The Labute approximate surface area is 140 Å². The summed E-state index contributed by atoms with van der Waals surface area (Å²) in [5.74, 6) is 1.04. The van der Waals surface area contributed by atoms with Crippen molar-refractivity contribution in [1.82, 2.24) is 4.90 Å². The van der Waals surface area contributed by atoms with Gasteiger partial charge >= 0.3 is 0 Å². The summed E-state index contributed by atoms with van der Waals surface area (Å²) in [6, 6.07) is 7.48. The number of methoxy groups -OCH3 is 1. The van der Waals surface area contributed by atoms with E-state index in [0.717, 1.165) is 35.9 Å². The normalized spacial score (nSPS) is 21.3. The molecule has 1 aromatic rings. The maximum atomic E-state index is 12.5. The van der Waals surface area contributed by atoms with Gasteiger partial charge in [-0.15, -0.1) is 0 Å². The zero-order valence-corrected chi connectivity index (χ0v) is 14.1. The van der Waals surface area contributed by atoms with Crippen LogP contribution in [-0.4, -0.2) is 29.7 Å². The molecule has 1 saturated carbocycles. The molecule has 23 heavy (non-hydrogen) atoms. The molecule has 0 unspecified atom stereocenters. The zero-order chi connectivity index (χ0) is 16.2. The molecule has 0 aromatic heterocycles. The highest BCUT2D eigenvalue weighted by atomic mass is 32.2. The lowest BCUT2D eigenvalue weighted by molar-refractivity contribution is -0.123. The minimum absolute atomic E-state index is 0.144. The summed E-state index contributed by atoms with van der Waals surface area (Å²) in [6.07, 6.45) is 7.71. The average molecular weight is 331 g/mol. The summed E-state index contributed by atoms with van der Waals surface area (Å²) in [4.78, 5) is 26.6. The number of benzene rings is 1. The van der Waals surface area contributed by atoms with Gasteiger partial charge in [-0.05, 0) is 54.3 Å². The van der Waals surface area contributed by atoms with Crippen LogP contribution in [0.2, 0.25) is 0 Å². The van der Waals surface area contributed by atoms with Crippen LogP contribution in [0.15, 0.2) is 29.2 Å². The molecule has 2 fully saturated rings. The topological polar surface area (TPSA) is 46.6 Å². The molecular weight excluding hydrogens is 310 g/mol. The van der Waals surface area contributed by atoms with Crippen LogP contribution in [-0.2, 0) is 4.79 Å². The van der Waals surface area contributed by atoms with Gasteiger partial charge in [0.15, 0.2) is 0 Å². The monoisotopic (exact) mass is 331 g/mol. The Morgan fingerprint density at radius 3 is 2.78 bits per heavy atom. The van der Waals surface area contributed by atoms with Crippen molar-refractivity contribution in [3.05, 3.63) is 34.7 Å². The summed E-state index contributed by atoms with van der Waals surface area (Å²) in [5.41, 5.74) is 0.868.